The van der Waals surface area contributed by atoms with Gasteiger partial charge >= 0.3 is 5.97 Å². The number of rotatable bonds is 30. The lowest BCUT2D eigenvalue weighted by Gasteiger charge is -2.05. The van der Waals surface area contributed by atoms with E-state index in [4.69, 9.17) is 4.74 Å². The minimum absolute atomic E-state index is 0.0256. The summed E-state index contributed by atoms with van der Waals surface area (Å²) in [5.41, 5.74) is 0. The van der Waals surface area contributed by atoms with E-state index in [2.05, 4.69) is 6.92 Å². The number of unbranched alkanes of at least 4 members (excludes halogenated alkanes) is 26. The molecule has 0 aliphatic carbocycles. The van der Waals surface area contributed by atoms with Crippen LogP contribution in [0, 0.1) is 0 Å². The molecule has 2 heteroatoms. The molecule has 0 aromatic carbocycles. The summed E-state index contributed by atoms with van der Waals surface area (Å²) in [4.78, 5) is 11.3. The van der Waals surface area contributed by atoms with Crippen LogP contribution < -0.4 is 0 Å². The zero-order valence-electron chi connectivity index (χ0n) is 24.5. The van der Waals surface area contributed by atoms with E-state index in [0.29, 0.717) is 13.0 Å². The van der Waals surface area contributed by atoms with Gasteiger partial charge in [0.1, 0.15) is 0 Å². The van der Waals surface area contributed by atoms with Crippen LogP contribution in [0.1, 0.15) is 200 Å². The fourth-order valence-electron chi connectivity index (χ4n) is 5.06. The van der Waals surface area contributed by atoms with Gasteiger partial charge in [-0.2, -0.15) is 0 Å². The van der Waals surface area contributed by atoms with Gasteiger partial charge in [0.15, 0.2) is 0 Å². The van der Waals surface area contributed by atoms with Gasteiger partial charge in [-0.15, -0.1) is 0 Å². The van der Waals surface area contributed by atoms with Gasteiger partial charge in [0.2, 0.25) is 0 Å². The summed E-state index contributed by atoms with van der Waals surface area (Å²) in [6.45, 7) is 4.94. The van der Waals surface area contributed by atoms with E-state index < -0.39 is 0 Å². The van der Waals surface area contributed by atoms with Crippen molar-refractivity contribution in [3.05, 3.63) is 0 Å². The van der Waals surface area contributed by atoms with Crippen molar-refractivity contribution in [2.45, 2.75) is 200 Å². The zero-order valence-corrected chi connectivity index (χ0v) is 24.5. The average Bonchev–Trinajstić information content (AvgIpc) is 2.86. The topological polar surface area (TPSA) is 26.3 Å². The highest BCUT2D eigenvalue weighted by Gasteiger charge is 2.00. The predicted octanol–water partition coefficient (Wildman–Crippen LogP) is 11.9. The molecule has 0 bridgehead atoms. The number of hydrogen-bond donors (Lipinski definition) is 0. The van der Waals surface area contributed by atoms with Crippen LogP contribution in [0.5, 0.6) is 0 Å². The second-order valence-corrected chi connectivity index (χ2v) is 11.2. The summed E-state index contributed by atoms with van der Waals surface area (Å²) in [7, 11) is 0. The summed E-state index contributed by atoms with van der Waals surface area (Å²) in [6.07, 6.45) is 39.8. The first kappa shape index (κ1) is 34.5. The first-order chi connectivity index (χ1) is 17.3. The standard InChI is InChI=1S/C33H66O2/c1-3-5-6-7-8-9-10-11-12-13-14-15-16-17-18-19-20-21-22-23-24-25-26-27-28-29-30-32-35-33(34)31-4-2/h3-32H2,1-2H3. The Morgan fingerprint density at radius 2 is 0.629 bits per heavy atom. The van der Waals surface area contributed by atoms with Crippen LogP contribution in [0.3, 0.4) is 0 Å². The highest BCUT2D eigenvalue weighted by Crippen LogP contribution is 2.16. The van der Waals surface area contributed by atoms with Gasteiger partial charge in [-0.05, 0) is 12.8 Å². The number of carbonyl (C=O) groups is 1. The van der Waals surface area contributed by atoms with E-state index in [-0.39, 0.29) is 5.97 Å². The highest BCUT2D eigenvalue weighted by atomic mass is 16.5. The van der Waals surface area contributed by atoms with Crippen LogP contribution >= 0.6 is 0 Å². The molecule has 35 heavy (non-hydrogen) atoms. The minimum atomic E-state index is -0.0256. The first-order valence-electron chi connectivity index (χ1n) is 16.5. The first-order valence-corrected chi connectivity index (χ1v) is 16.5. The number of ether oxygens (including phenoxy) is 1. The second-order valence-electron chi connectivity index (χ2n) is 11.2. The third-order valence-corrected chi connectivity index (χ3v) is 7.47. The van der Waals surface area contributed by atoms with Crippen LogP contribution in [0.4, 0.5) is 0 Å². The predicted molar refractivity (Wildman–Crippen MR) is 156 cm³/mol. The van der Waals surface area contributed by atoms with Crippen molar-refractivity contribution in [2.24, 2.45) is 0 Å². The lowest BCUT2D eigenvalue weighted by molar-refractivity contribution is -0.143. The smallest absolute Gasteiger partial charge is 0.305 e. The zero-order chi connectivity index (χ0) is 25.5. The Morgan fingerprint density at radius 3 is 0.886 bits per heavy atom. The van der Waals surface area contributed by atoms with Crippen molar-refractivity contribution in [1.29, 1.82) is 0 Å². The fourth-order valence-corrected chi connectivity index (χ4v) is 5.06. The van der Waals surface area contributed by atoms with E-state index in [9.17, 15) is 4.79 Å². The molecule has 210 valence electrons. The third-order valence-electron chi connectivity index (χ3n) is 7.47. The van der Waals surface area contributed by atoms with E-state index in [0.717, 1.165) is 12.8 Å². The van der Waals surface area contributed by atoms with Crippen LogP contribution in [0.25, 0.3) is 0 Å². The monoisotopic (exact) mass is 495 g/mol. The van der Waals surface area contributed by atoms with Crippen LogP contribution in [-0.2, 0) is 9.53 Å². The Kier molecular flexibility index (Phi) is 31.0. The molecule has 0 N–H and O–H groups in total. The maximum atomic E-state index is 11.3. The SMILES string of the molecule is CCCCCCCCCCCCCCCCCCCCCCCCCCCCCOC(=O)CCC. The molecule has 0 saturated carbocycles. The van der Waals surface area contributed by atoms with Crippen molar-refractivity contribution in [3.8, 4) is 0 Å². The van der Waals surface area contributed by atoms with E-state index in [1.165, 1.54) is 167 Å². The molecular weight excluding hydrogens is 428 g/mol. The molecule has 0 saturated heterocycles. The molecule has 0 aliphatic rings. The van der Waals surface area contributed by atoms with Crippen molar-refractivity contribution in [3.63, 3.8) is 0 Å². The molecule has 0 rings (SSSR count). The van der Waals surface area contributed by atoms with Crippen molar-refractivity contribution < 1.29 is 9.53 Å². The van der Waals surface area contributed by atoms with E-state index in [1.807, 2.05) is 6.92 Å². The summed E-state index contributed by atoms with van der Waals surface area (Å²) in [5.74, 6) is -0.0256. The van der Waals surface area contributed by atoms with Gasteiger partial charge < -0.3 is 4.74 Å². The van der Waals surface area contributed by atoms with Crippen molar-refractivity contribution in [1.82, 2.24) is 0 Å². The number of hydrogen-bond acceptors (Lipinski definition) is 2. The lowest BCUT2D eigenvalue weighted by atomic mass is 10.0. The van der Waals surface area contributed by atoms with Gasteiger partial charge in [-0.3, -0.25) is 4.79 Å². The molecule has 0 aromatic heterocycles. The Balaban J connectivity index is 3.04. The summed E-state index contributed by atoms with van der Waals surface area (Å²) in [6, 6.07) is 0. The summed E-state index contributed by atoms with van der Waals surface area (Å²) in [5, 5.41) is 0. The molecule has 0 unspecified atom stereocenters. The maximum absolute atomic E-state index is 11.3. The Hall–Kier alpha value is -0.530. The largest absolute Gasteiger partial charge is 0.466 e. The molecule has 0 fully saturated rings. The molecule has 0 aromatic rings. The van der Waals surface area contributed by atoms with Gasteiger partial charge in [-0.25, -0.2) is 0 Å². The average molecular weight is 495 g/mol. The molecule has 2 nitrogen and oxygen atoms in total. The quantitative estimate of drug-likeness (QED) is 0.0732. The molecule has 0 amide bonds. The Morgan fingerprint density at radius 1 is 0.371 bits per heavy atom. The van der Waals surface area contributed by atoms with Crippen LogP contribution in [0.15, 0.2) is 0 Å². The Bertz CT molecular complexity index is 393. The lowest BCUT2D eigenvalue weighted by Crippen LogP contribution is -2.04. The minimum Gasteiger partial charge on any atom is -0.466 e. The maximum Gasteiger partial charge on any atom is 0.305 e. The van der Waals surface area contributed by atoms with Gasteiger partial charge in [-0.1, -0.05) is 181 Å². The normalized spacial score (nSPS) is 11.3. The van der Waals surface area contributed by atoms with Crippen molar-refractivity contribution in [2.75, 3.05) is 6.61 Å². The van der Waals surface area contributed by atoms with Gasteiger partial charge in [0.25, 0.3) is 0 Å². The second kappa shape index (κ2) is 31.5. The van der Waals surface area contributed by atoms with E-state index in [1.54, 1.807) is 0 Å². The molecule has 0 atom stereocenters. The molecule has 0 spiro atoms. The third kappa shape index (κ3) is 31.4. The molecule has 0 aliphatic heterocycles. The molecule has 0 heterocycles. The highest BCUT2D eigenvalue weighted by molar-refractivity contribution is 5.69. The van der Waals surface area contributed by atoms with E-state index >= 15 is 0 Å². The van der Waals surface area contributed by atoms with Crippen LogP contribution in [0.2, 0.25) is 0 Å². The van der Waals surface area contributed by atoms with Gasteiger partial charge in [0.05, 0.1) is 6.61 Å². The Labute approximate surface area is 222 Å². The number of esters is 1. The molecular formula is C33H66O2. The fraction of sp³-hybridized carbons (Fsp3) is 0.970. The van der Waals surface area contributed by atoms with Crippen LogP contribution in [-0.4, -0.2) is 12.6 Å². The van der Waals surface area contributed by atoms with Gasteiger partial charge in [0, 0.05) is 6.42 Å². The molecule has 0 radical (unpaired) electrons. The summed E-state index contributed by atoms with van der Waals surface area (Å²) < 4.78 is 5.20. The number of carbonyl (C=O) groups excluding carboxylic acids is 1. The van der Waals surface area contributed by atoms with Crippen molar-refractivity contribution >= 4 is 5.97 Å². The summed E-state index contributed by atoms with van der Waals surface area (Å²) >= 11 is 0.